The Labute approximate surface area is 523 Å². The van der Waals surface area contributed by atoms with Crippen LogP contribution >= 0.6 is 11.3 Å². The second-order valence-electron chi connectivity index (χ2n) is 25.4. The maximum absolute atomic E-state index is 13.7. The molecule has 3 N–H and O–H groups in total. The highest BCUT2D eigenvalue weighted by molar-refractivity contribution is 7.22. The van der Waals surface area contributed by atoms with Gasteiger partial charge in [-0.2, -0.15) is 5.10 Å². The molecule has 0 saturated heterocycles. The first kappa shape index (κ1) is 65.0. The van der Waals surface area contributed by atoms with Crippen LogP contribution in [0.2, 0.25) is 0 Å². The molecular weight excluding hydrogens is 1160 g/mol. The molecule has 2 aromatic carbocycles. The van der Waals surface area contributed by atoms with E-state index in [-0.39, 0.29) is 58.2 Å². The smallest absolute Gasteiger partial charge is 0.355 e. The number of unbranched alkanes of at least 4 members (excludes halogenated alkanes) is 2. The number of anilines is 2. The zero-order valence-corrected chi connectivity index (χ0v) is 52.6. The van der Waals surface area contributed by atoms with Gasteiger partial charge in [0.15, 0.2) is 10.8 Å². The number of imide groups is 1. The Morgan fingerprint density at radius 3 is 2.16 bits per heavy atom. The lowest BCUT2D eigenvalue weighted by molar-refractivity contribution is -0.250. The average molecular weight is 1240 g/mol. The summed E-state index contributed by atoms with van der Waals surface area (Å²) in [5, 5.41) is 21.9. The third-order valence-corrected chi connectivity index (χ3v) is 18.9. The molecule has 5 amide bonds. The molecule has 2 aliphatic heterocycles. The van der Waals surface area contributed by atoms with Crippen molar-refractivity contribution in [3.8, 4) is 11.1 Å². The van der Waals surface area contributed by atoms with Gasteiger partial charge in [0.25, 0.3) is 17.7 Å². The number of hydrogen-bond acceptors (Lipinski definition) is 17. The fraction of sp³-hybridized carbons (Fsp3) is 0.561. The monoisotopic (exact) mass is 1240 g/mol. The number of nitrogens with one attached hydrogen (secondary N) is 2. The number of amides is 5. The Bertz CT molecular complexity index is 3310. The van der Waals surface area contributed by atoms with Crippen LogP contribution in [-0.4, -0.2) is 182 Å². The van der Waals surface area contributed by atoms with E-state index >= 15 is 0 Å². The summed E-state index contributed by atoms with van der Waals surface area (Å²) >= 11 is 1.43. The van der Waals surface area contributed by atoms with E-state index in [1.807, 2.05) is 73.5 Å². The number of carboxylic acid groups (broad SMARTS) is 1. The number of fused-ring (bicyclic) bond motifs is 2. The summed E-state index contributed by atoms with van der Waals surface area (Å²) in [7, 11) is 1.83. The third-order valence-electron chi connectivity index (χ3n) is 17.9. The van der Waals surface area contributed by atoms with Crippen LogP contribution in [0.1, 0.15) is 122 Å². The van der Waals surface area contributed by atoms with Crippen molar-refractivity contribution in [2.24, 2.45) is 16.2 Å². The molecule has 0 radical (unpaired) electrons. The van der Waals surface area contributed by atoms with E-state index in [9.17, 15) is 33.9 Å². The lowest BCUT2D eigenvalue weighted by Gasteiger charge is -2.69. The van der Waals surface area contributed by atoms with E-state index < -0.39 is 17.8 Å². The molecule has 3 aromatic heterocycles. The van der Waals surface area contributed by atoms with Crippen molar-refractivity contribution in [1.82, 2.24) is 34.9 Å². The van der Waals surface area contributed by atoms with E-state index in [4.69, 9.17) is 38.5 Å². The molecule has 23 heteroatoms. The van der Waals surface area contributed by atoms with Gasteiger partial charge in [-0.05, 0) is 129 Å². The number of benzene rings is 2. The van der Waals surface area contributed by atoms with Gasteiger partial charge in [0, 0.05) is 93.9 Å². The van der Waals surface area contributed by atoms with Crippen LogP contribution in [0.5, 0.6) is 0 Å². The summed E-state index contributed by atoms with van der Waals surface area (Å²) in [6.45, 7) is 14.3. The molecule has 5 heterocycles. The van der Waals surface area contributed by atoms with Gasteiger partial charge in [-0.25, -0.2) is 14.8 Å². The van der Waals surface area contributed by atoms with E-state index in [1.165, 1.54) is 29.9 Å². The van der Waals surface area contributed by atoms with Crippen LogP contribution in [0.25, 0.3) is 21.3 Å². The van der Waals surface area contributed by atoms with E-state index in [1.54, 1.807) is 11.1 Å². The van der Waals surface area contributed by atoms with Crippen molar-refractivity contribution in [2.75, 3.05) is 116 Å². The molecule has 4 fully saturated rings. The lowest BCUT2D eigenvalue weighted by Crippen LogP contribution is -2.64. The van der Waals surface area contributed by atoms with Crippen LogP contribution in [0.3, 0.4) is 0 Å². The number of thiazole rings is 1. The van der Waals surface area contributed by atoms with Gasteiger partial charge in [-0.3, -0.25) is 38.9 Å². The second-order valence-corrected chi connectivity index (χ2v) is 26.4. The lowest BCUT2D eigenvalue weighted by atomic mass is 9.39. The molecule has 4 saturated carbocycles. The molecule has 11 rings (SSSR count). The Morgan fingerprint density at radius 1 is 0.730 bits per heavy atom. The standard InChI is InChI=1S/C66H85N9O13S/c1-46-50(48-15-16-54(70-59(48)61(81)82)73-24-19-47-11-10-12-49(51(47)38-73)60(80)71-62-69-52-13-6-7-14-53(52)89-62)37-68-75(46)45-65-40-63(2)39-64(3,41-65)43-66(42-63,44-65)88-36-35-83-26-9-5-8-23-72(4)56(77)21-27-84-29-31-86-33-34-87-32-30-85-28-22-67-55(76)20-25-74-57(78)17-18-58(74)79/h6-7,10-18,37H,5,8-9,19-36,38-45H2,1-4H3,(H,67,76)(H,81,82)(H,69,71,80). The molecule has 4 bridgehead atoms. The Hall–Kier alpha value is -6.99. The summed E-state index contributed by atoms with van der Waals surface area (Å²) in [5.41, 5.74) is 5.47. The minimum absolute atomic E-state index is 0.0342. The molecule has 22 nitrogen and oxygen atoms in total. The molecule has 5 aromatic rings. The fourth-order valence-electron chi connectivity index (χ4n) is 15.0. The topological polar surface area (TPSA) is 255 Å². The van der Waals surface area contributed by atoms with Crippen LogP contribution in [0.15, 0.2) is 72.9 Å². The van der Waals surface area contributed by atoms with Gasteiger partial charge in [0.05, 0.1) is 94.5 Å². The fourth-order valence-corrected chi connectivity index (χ4v) is 15.9. The minimum atomic E-state index is -1.11. The van der Waals surface area contributed by atoms with Crippen LogP contribution in [-0.2, 0) is 67.1 Å². The van der Waals surface area contributed by atoms with Gasteiger partial charge in [-0.1, -0.05) is 49.4 Å². The first-order valence-electron chi connectivity index (χ1n) is 31.3. The number of aromatic nitrogens is 4. The number of para-hydroxylation sites is 1. The van der Waals surface area contributed by atoms with E-state index in [2.05, 4.69) is 34.1 Å². The van der Waals surface area contributed by atoms with E-state index in [0.29, 0.717) is 134 Å². The highest BCUT2D eigenvalue weighted by atomic mass is 32.1. The zero-order chi connectivity index (χ0) is 62.6. The molecule has 4 aliphatic carbocycles. The van der Waals surface area contributed by atoms with Crippen molar-refractivity contribution in [3.63, 3.8) is 0 Å². The Kier molecular flexibility index (Phi) is 21.4. The third kappa shape index (κ3) is 16.5. The first-order chi connectivity index (χ1) is 42.9. The Morgan fingerprint density at radius 2 is 1.43 bits per heavy atom. The van der Waals surface area contributed by atoms with Crippen molar-refractivity contribution < 1.29 is 62.3 Å². The van der Waals surface area contributed by atoms with Gasteiger partial charge in [0.2, 0.25) is 11.8 Å². The largest absolute Gasteiger partial charge is 0.476 e. The van der Waals surface area contributed by atoms with Gasteiger partial charge in [0.1, 0.15) is 5.82 Å². The number of aromatic carboxylic acids is 1. The average Bonchev–Trinajstić information content (AvgIpc) is 0.907. The normalized spacial score (nSPS) is 21.7. The maximum Gasteiger partial charge on any atom is 0.355 e. The first-order valence-corrected chi connectivity index (χ1v) is 32.1. The number of carbonyl (C=O) groups excluding carboxylic acids is 5. The summed E-state index contributed by atoms with van der Waals surface area (Å²) in [5.74, 6) is -1.85. The highest BCUT2D eigenvalue weighted by Gasteiger charge is 2.66. The number of carbonyl (C=O) groups is 6. The summed E-state index contributed by atoms with van der Waals surface area (Å²) < 4.78 is 38.3. The highest BCUT2D eigenvalue weighted by Crippen LogP contribution is 2.72. The van der Waals surface area contributed by atoms with E-state index in [0.717, 1.165) is 95.4 Å². The SMILES string of the molecule is Cc1c(-c2ccc(N3CCc4cccc(C(=O)Nc5nc6ccccc6s5)c4C3)nc2C(=O)O)cnn1CC12CC3(C)CC(C)(C1)CC(OCCOCCCCCN(C)C(=O)CCOCCOCCOCCOCCNC(=O)CCN1C(=O)C=CC1=O)(C3)C2. The number of hydrogen-bond donors (Lipinski definition) is 3. The molecule has 2 atom stereocenters. The van der Waals surface area contributed by atoms with Crippen molar-refractivity contribution >= 4 is 68.0 Å². The molecule has 6 aliphatic rings. The molecule has 2 unspecified atom stereocenters. The minimum Gasteiger partial charge on any atom is -0.476 e. The zero-order valence-electron chi connectivity index (χ0n) is 51.8. The molecule has 89 heavy (non-hydrogen) atoms. The Balaban J connectivity index is 0.597. The summed E-state index contributed by atoms with van der Waals surface area (Å²) in [6.07, 6.45) is 14.2. The number of pyridine rings is 1. The number of rotatable bonds is 35. The van der Waals surface area contributed by atoms with Gasteiger partial charge >= 0.3 is 5.97 Å². The van der Waals surface area contributed by atoms with Gasteiger partial charge in [-0.15, -0.1) is 0 Å². The quantitative estimate of drug-likeness (QED) is 0.0256. The second kappa shape index (κ2) is 29.3. The van der Waals surface area contributed by atoms with Crippen LogP contribution in [0, 0.1) is 23.2 Å². The molecular formula is C66H85N9O13S. The summed E-state index contributed by atoms with van der Waals surface area (Å²) in [6, 6.07) is 17.3. The number of carboxylic acids is 1. The predicted octanol–water partition coefficient (Wildman–Crippen LogP) is 8.05. The maximum atomic E-state index is 13.7. The number of nitrogens with zero attached hydrogens (tertiary/aromatic N) is 7. The molecule has 478 valence electrons. The van der Waals surface area contributed by atoms with Crippen molar-refractivity contribution in [2.45, 2.75) is 117 Å². The number of ether oxygens (including phenoxy) is 6. The van der Waals surface area contributed by atoms with Crippen molar-refractivity contribution in [1.29, 1.82) is 0 Å². The van der Waals surface area contributed by atoms with Gasteiger partial charge < -0.3 is 48.6 Å². The molecule has 0 spiro atoms. The van der Waals surface area contributed by atoms with Crippen LogP contribution in [0.4, 0.5) is 10.9 Å². The van der Waals surface area contributed by atoms with Crippen molar-refractivity contribution in [3.05, 3.63) is 101 Å². The summed E-state index contributed by atoms with van der Waals surface area (Å²) in [4.78, 5) is 88.8. The predicted molar refractivity (Wildman–Crippen MR) is 335 cm³/mol. The van der Waals surface area contributed by atoms with Crippen LogP contribution < -0.4 is 15.5 Å².